The summed E-state index contributed by atoms with van der Waals surface area (Å²) in [5.74, 6) is 0. The summed E-state index contributed by atoms with van der Waals surface area (Å²) < 4.78 is 6.93. The summed E-state index contributed by atoms with van der Waals surface area (Å²) >= 11 is 0. The van der Waals surface area contributed by atoms with E-state index in [-0.39, 0.29) is 0 Å². The van der Waals surface area contributed by atoms with Crippen LogP contribution in [0.3, 0.4) is 0 Å². The minimum Gasteiger partial charge on any atom is -0.309 e. The maximum Gasteiger partial charge on any atom is 0.195 e. The number of benzene rings is 8. The van der Waals surface area contributed by atoms with Crippen LogP contribution in [0.4, 0.5) is 5.69 Å². The largest absolute Gasteiger partial charge is 0.309 e. The van der Waals surface area contributed by atoms with Gasteiger partial charge in [0, 0.05) is 49.4 Å². The predicted octanol–water partition coefficient (Wildman–Crippen LogP) is 13.1. The van der Waals surface area contributed by atoms with Crippen LogP contribution in [0.1, 0.15) is 5.56 Å². The molecule has 11 rings (SSSR count). The van der Waals surface area contributed by atoms with E-state index in [9.17, 15) is 5.26 Å². The van der Waals surface area contributed by atoms with Gasteiger partial charge >= 0.3 is 0 Å². The fourth-order valence-electron chi connectivity index (χ4n) is 8.68. The van der Waals surface area contributed by atoms with Crippen molar-refractivity contribution in [2.45, 2.75) is 0 Å². The van der Waals surface area contributed by atoms with Gasteiger partial charge in [0.05, 0.1) is 51.3 Å². The Kier molecular flexibility index (Phi) is 6.61. The van der Waals surface area contributed by atoms with Gasteiger partial charge in [0.15, 0.2) is 5.69 Å². The van der Waals surface area contributed by atoms with E-state index in [4.69, 9.17) is 6.57 Å². The molecule has 5 nitrogen and oxygen atoms in total. The molecule has 8 aromatic carbocycles. The molecule has 0 aliphatic rings. The van der Waals surface area contributed by atoms with E-state index in [0.29, 0.717) is 11.3 Å². The van der Waals surface area contributed by atoms with Gasteiger partial charge in [-0.05, 0) is 90.0 Å². The molecule has 11 aromatic rings. The second-order valence-electron chi connectivity index (χ2n) is 14.0. The minimum absolute atomic E-state index is 0.608. The Morgan fingerprint density at radius 1 is 0.400 bits per heavy atom. The first-order chi connectivity index (χ1) is 27.2. The van der Waals surface area contributed by atoms with Crippen molar-refractivity contribution in [3.05, 3.63) is 193 Å². The first kappa shape index (κ1) is 30.7. The second-order valence-corrected chi connectivity index (χ2v) is 14.0. The normalized spacial score (nSPS) is 11.6. The van der Waals surface area contributed by atoms with E-state index in [2.05, 4.69) is 182 Å². The van der Waals surface area contributed by atoms with Crippen molar-refractivity contribution < 1.29 is 0 Å². The van der Waals surface area contributed by atoms with Gasteiger partial charge in [-0.25, -0.2) is 4.85 Å². The summed E-state index contributed by atoms with van der Waals surface area (Å²) in [4.78, 5) is 3.98. The standard InChI is InChI=1S/C50H29N5/c1-52-44-26-24-35(29-42(44)33-19-21-34(22-20-33)53-45-14-6-2-10-37(45)38-11-3-7-15-46(38)53)55-47-16-8-4-12-39(47)41-25-23-36(30-50(41)55)54-48-17-9-5-13-40(48)43-28-32(31-51)18-27-49(43)54/h2-30H. The number of hydrogen-bond donors (Lipinski definition) is 0. The Hall–Kier alpha value is -7.86. The quantitative estimate of drug-likeness (QED) is 0.169. The molecule has 3 heterocycles. The number of para-hydroxylation sites is 4. The first-order valence-corrected chi connectivity index (χ1v) is 18.3. The molecule has 0 bridgehead atoms. The molecule has 0 aliphatic heterocycles. The number of nitriles is 1. The molecule has 0 spiro atoms. The monoisotopic (exact) mass is 699 g/mol. The van der Waals surface area contributed by atoms with Crippen LogP contribution in [0.2, 0.25) is 0 Å². The third-order valence-electron chi connectivity index (χ3n) is 11.1. The molecule has 0 radical (unpaired) electrons. The molecule has 0 amide bonds. The van der Waals surface area contributed by atoms with Gasteiger partial charge in [0.2, 0.25) is 0 Å². The van der Waals surface area contributed by atoms with Gasteiger partial charge in [0.25, 0.3) is 0 Å². The molecule has 0 saturated carbocycles. The lowest BCUT2D eigenvalue weighted by Crippen LogP contribution is -1.97. The molecule has 0 atom stereocenters. The van der Waals surface area contributed by atoms with E-state index in [1.165, 1.54) is 21.8 Å². The molecule has 3 aromatic heterocycles. The van der Waals surface area contributed by atoms with Crippen LogP contribution in [0.25, 0.3) is 98.5 Å². The van der Waals surface area contributed by atoms with E-state index in [0.717, 1.165) is 71.8 Å². The Morgan fingerprint density at radius 2 is 0.855 bits per heavy atom. The van der Waals surface area contributed by atoms with Crippen molar-refractivity contribution >= 4 is 71.1 Å². The number of rotatable bonds is 4. The molecule has 254 valence electrons. The summed E-state index contributed by atoms with van der Waals surface area (Å²) in [5.41, 5.74) is 12.9. The molecular formula is C50H29N5. The van der Waals surface area contributed by atoms with Crippen LogP contribution in [-0.2, 0) is 0 Å². The topological polar surface area (TPSA) is 42.9 Å². The summed E-state index contributed by atoms with van der Waals surface area (Å²) in [5, 5.41) is 16.6. The van der Waals surface area contributed by atoms with Crippen LogP contribution in [0.5, 0.6) is 0 Å². The summed E-state index contributed by atoms with van der Waals surface area (Å²) in [7, 11) is 0. The zero-order valence-electron chi connectivity index (χ0n) is 29.5. The minimum atomic E-state index is 0.608. The molecule has 5 heteroatoms. The lowest BCUT2D eigenvalue weighted by atomic mass is 10.0. The highest BCUT2D eigenvalue weighted by Crippen LogP contribution is 2.40. The highest BCUT2D eigenvalue weighted by molar-refractivity contribution is 6.12. The van der Waals surface area contributed by atoms with E-state index >= 15 is 0 Å². The first-order valence-electron chi connectivity index (χ1n) is 18.3. The summed E-state index contributed by atoms with van der Waals surface area (Å²) in [6.45, 7) is 8.14. The highest BCUT2D eigenvalue weighted by Gasteiger charge is 2.18. The van der Waals surface area contributed by atoms with Crippen molar-refractivity contribution in [1.29, 1.82) is 5.26 Å². The van der Waals surface area contributed by atoms with Crippen molar-refractivity contribution in [1.82, 2.24) is 13.7 Å². The van der Waals surface area contributed by atoms with Gasteiger partial charge in [0.1, 0.15) is 0 Å². The Balaban J connectivity index is 1.09. The van der Waals surface area contributed by atoms with E-state index in [1.54, 1.807) is 0 Å². The van der Waals surface area contributed by atoms with Gasteiger partial charge in [-0.2, -0.15) is 5.26 Å². The van der Waals surface area contributed by atoms with Gasteiger partial charge in [-0.1, -0.05) is 97.1 Å². The fraction of sp³-hybridized carbons (Fsp3) is 0. The second kappa shape index (κ2) is 11.8. The summed E-state index contributed by atoms with van der Waals surface area (Å²) in [6, 6.07) is 63.6. The molecule has 0 fully saturated rings. The lowest BCUT2D eigenvalue weighted by molar-refractivity contribution is 1.15. The Labute approximate surface area is 316 Å². The van der Waals surface area contributed by atoms with Crippen LogP contribution < -0.4 is 0 Å². The van der Waals surface area contributed by atoms with Crippen LogP contribution in [0, 0.1) is 17.9 Å². The fourth-order valence-corrected chi connectivity index (χ4v) is 8.68. The van der Waals surface area contributed by atoms with Crippen molar-refractivity contribution in [2.24, 2.45) is 0 Å². The van der Waals surface area contributed by atoms with Gasteiger partial charge in [-0.3, -0.25) is 0 Å². The number of nitrogens with zero attached hydrogens (tertiary/aromatic N) is 5. The molecule has 0 saturated heterocycles. The van der Waals surface area contributed by atoms with E-state index in [1.807, 2.05) is 18.2 Å². The Bertz CT molecular complexity index is 3400. The molecule has 0 unspecified atom stereocenters. The number of aromatic nitrogens is 3. The maximum absolute atomic E-state index is 9.69. The molecule has 0 aliphatic carbocycles. The predicted molar refractivity (Wildman–Crippen MR) is 226 cm³/mol. The number of fused-ring (bicyclic) bond motifs is 9. The highest BCUT2D eigenvalue weighted by atomic mass is 15.0. The van der Waals surface area contributed by atoms with Gasteiger partial charge < -0.3 is 13.7 Å². The summed E-state index contributed by atoms with van der Waals surface area (Å²) in [6.07, 6.45) is 0. The van der Waals surface area contributed by atoms with Crippen LogP contribution in [0.15, 0.2) is 176 Å². The Morgan fingerprint density at radius 3 is 1.44 bits per heavy atom. The number of hydrogen-bond acceptors (Lipinski definition) is 1. The van der Waals surface area contributed by atoms with Crippen LogP contribution in [-0.4, -0.2) is 13.7 Å². The smallest absolute Gasteiger partial charge is 0.195 e. The maximum atomic E-state index is 9.69. The van der Waals surface area contributed by atoms with Crippen LogP contribution >= 0.6 is 0 Å². The third kappa shape index (κ3) is 4.51. The third-order valence-corrected chi connectivity index (χ3v) is 11.1. The average Bonchev–Trinajstić information content (AvgIpc) is 3.88. The van der Waals surface area contributed by atoms with Crippen molar-refractivity contribution in [3.8, 4) is 34.3 Å². The van der Waals surface area contributed by atoms with Crippen molar-refractivity contribution in [3.63, 3.8) is 0 Å². The lowest BCUT2D eigenvalue weighted by Gasteiger charge is -2.14. The average molecular weight is 700 g/mol. The molecular weight excluding hydrogens is 671 g/mol. The zero-order valence-corrected chi connectivity index (χ0v) is 29.5. The van der Waals surface area contributed by atoms with Crippen molar-refractivity contribution in [2.75, 3.05) is 0 Å². The molecule has 55 heavy (non-hydrogen) atoms. The zero-order chi connectivity index (χ0) is 36.6. The molecule has 0 N–H and O–H groups in total. The van der Waals surface area contributed by atoms with Gasteiger partial charge in [-0.15, -0.1) is 0 Å². The SMILES string of the molecule is [C-]#[N+]c1ccc(-n2c3ccccc3c3ccc(-n4c5ccccc5c5cc(C#N)ccc54)cc32)cc1-c1ccc(-n2c3ccccc3c3ccccc32)cc1. The van der Waals surface area contributed by atoms with E-state index < -0.39 is 0 Å².